The molecule has 1 aromatic rings. The van der Waals surface area contributed by atoms with E-state index in [4.69, 9.17) is 4.19 Å². The molecule has 0 saturated heterocycles. The summed E-state index contributed by atoms with van der Waals surface area (Å²) < 4.78 is 21.6. The molecule has 0 fully saturated rings. The first-order chi connectivity index (χ1) is 5.54. The second kappa shape index (κ2) is 2.09. The lowest BCUT2D eigenvalue weighted by atomic mass is 10.1. The minimum absolute atomic E-state index is 0.457. The van der Waals surface area contributed by atoms with E-state index in [-0.39, 0.29) is 0 Å². The summed E-state index contributed by atoms with van der Waals surface area (Å²) in [4.78, 5) is 0. The smallest absolute Gasteiger partial charge is 0.156 e. The molecule has 0 aliphatic carbocycles. The molecule has 0 aliphatic heterocycles. The topological polar surface area (TPSA) is 26.0 Å². The van der Waals surface area contributed by atoms with Gasteiger partial charge in [-0.15, -0.1) is 0 Å². The van der Waals surface area contributed by atoms with Crippen molar-refractivity contribution in [2.45, 2.75) is 13.8 Å². The Hall–Kier alpha value is -0.980. The predicted octanol–water partition coefficient (Wildman–Crippen LogP) is 1.89. The average molecular weight is 124 g/mol. The van der Waals surface area contributed by atoms with Crippen molar-refractivity contribution in [3.05, 3.63) is 29.3 Å². The van der Waals surface area contributed by atoms with Gasteiger partial charge >= 0.3 is 0 Å². The maximum Gasteiger partial charge on any atom is 0.156 e. The zero-order valence-electron chi connectivity index (χ0n) is 8.60. The highest BCUT2D eigenvalue weighted by Gasteiger charge is 1.92. The van der Waals surface area contributed by atoms with Gasteiger partial charge in [0.1, 0.15) is 0 Å². The highest BCUT2D eigenvalue weighted by atomic mass is 14.5. The fraction of sp³-hybridized carbons (Fsp3) is 0.250. The molecule has 1 aromatic carbocycles. The molecule has 1 nitrogen and oxygen atoms in total. The lowest BCUT2D eigenvalue weighted by molar-refractivity contribution is 1.35. The number of nitrogens with two attached hydrogens (primary N) is 1. The van der Waals surface area contributed by atoms with Gasteiger partial charge in [-0.2, -0.15) is 0 Å². The molecule has 0 unspecified atom stereocenters. The Morgan fingerprint density at radius 2 is 2.44 bits per heavy atom. The molecule has 0 spiro atoms. The van der Waals surface area contributed by atoms with Crippen LogP contribution >= 0.6 is 0 Å². The van der Waals surface area contributed by atoms with Crippen LogP contribution < -0.4 is 5.72 Å². The van der Waals surface area contributed by atoms with Gasteiger partial charge in [0.05, 0.1) is 1.37 Å². The van der Waals surface area contributed by atoms with E-state index >= 15 is 0 Å². The maximum absolute atomic E-state index is 7.46. The highest BCUT2D eigenvalue weighted by Crippen LogP contribution is 2.13. The Morgan fingerprint density at radius 3 is 3.11 bits per heavy atom. The lowest BCUT2D eigenvalue weighted by Gasteiger charge is -2.00. The first kappa shape index (κ1) is 3.25. The Balaban J connectivity index is 3.27. The van der Waals surface area contributed by atoms with Gasteiger partial charge in [0.2, 0.25) is 0 Å². The van der Waals surface area contributed by atoms with E-state index in [0.29, 0.717) is 17.4 Å². The van der Waals surface area contributed by atoms with E-state index in [0.717, 1.165) is 11.1 Å². The molecule has 0 atom stereocenters. The van der Waals surface area contributed by atoms with Crippen LogP contribution in [0.5, 0.6) is 0 Å². The first-order valence-electron chi connectivity index (χ1n) is 4.28. The molecule has 0 radical (unpaired) electrons. The van der Waals surface area contributed by atoms with Crippen LogP contribution in [0.3, 0.4) is 0 Å². The van der Waals surface area contributed by atoms with Crippen LogP contribution in [-0.2, 0) is 0 Å². The van der Waals surface area contributed by atoms with Gasteiger partial charge in [0.25, 0.3) is 0 Å². The zero-order chi connectivity index (χ0) is 9.30. The number of rotatable bonds is 1. The van der Waals surface area contributed by atoms with Crippen LogP contribution in [0.2, 0.25) is 2.82 Å². The lowest BCUT2D eigenvalue weighted by Crippen LogP contribution is -1.90. The van der Waals surface area contributed by atoms with E-state index in [2.05, 4.69) is 0 Å². The summed E-state index contributed by atoms with van der Waals surface area (Å²) in [6.07, 6.45) is 0. The molecule has 1 rings (SSSR count). The third-order valence-electron chi connectivity index (χ3n) is 1.49. The first-order valence-corrected chi connectivity index (χ1v) is 2.88. The molecule has 0 saturated carbocycles. The van der Waals surface area contributed by atoms with Crippen LogP contribution in [0, 0.1) is 13.8 Å². The van der Waals surface area contributed by atoms with Crippen molar-refractivity contribution in [2.75, 3.05) is 5.72 Å². The van der Waals surface area contributed by atoms with Crippen molar-refractivity contribution < 1.29 is 4.19 Å². The summed E-state index contributed by atoms with van der Waals surface area (Å²) in [6, 6.07) is 3.68. The third-order valence-corrected chi connectivity index (χ3v) is 1.49. The molecule has 9 heavy (non-hydrogen) atoms. The number of anilines is 1. The second-order valence-electron chi connectivity index (χ2n) is 2.11. The van der Waals surface area contributed by atoms with Crippen molar-refractivity contribution in [1.82, 2.24) is 0 Å². The Labute approximate surface area is 59.8 Å². The van der Waals surface area contributed by atoms with Crippen LogP contribution in [0.1, 0.15) is 12.5 Å². The number of hydrogen-bond donors (Lipinski definition) is 1. The number of nitrogen functional groups attached to an aromatic ring is 1. The summed E-state index contributed by atoms with van der Waals surface area (Å²) in [5.74, 6) is 0. The predicted molar refractivity (Wildman–Crippen MR) is 40.3 cm³/mol. The Morgan fingerprint density at radius 1 is 1.67 bits per heavy atom. The van der Waals surface area contributed by atoms with E-state index in [9.17, 15) is 0 Å². The van der Waals surface area contributed by atoms with E-state index < -0.39 is 0 Å². The molecule has 1 heteroatoms. The van der Waals surface area contributed by atoms with Crippen LogP contribution in [-0.4, -0.2) is 0 Å². The zero-order valence-corrected chi connectivity index (χ0v) is 5.60. The van der Waals surface area contributed by atoms with E-state index in [1.165, 1.54) is 0 Å². The molecule has 0 bridgehead atoms. The average Bonchev–Trinajstić information content (AvgIpc) is 2.00. The quantitative estimate of drug-likeness (QED) is 0.568. The summed E-state index contributed by atoms with van der Waals surface area (Å²) >= 11 is 0. The van der Waals surface area contributed by atoms with Gasteiger partial charge in [0, 0.05) is 5.69 Å². The Bertz CT molecular complexity index is 297. The van der Waals surface area contributed by atoms with Crippen LogP contribution in [0.4, 0.5) is 5.69 Å². The van der Waals surface area contributed by atoms with E-state index in [1.807, 2.05) is 13.8 Å². The second-order valence-corrected chi connectivity index (χ2v) is 2.11. The van der Waals surface area contributed by atoms with Crippen molar-refractivity contribution in [3.8, 4) is 0 Å². The van der Waals surface area contributed by atoms with Crippen LogP contribution in [0.15, 0.2) is 18.2 Å². The minimum atomic E-state index is 0.457. The summed E-state index contributed by atoms with van der Waals surface area (Å²) in [5.41, 5.74) is 2.76. The van der Waals surface area contributed by atoms with Gasteiger partial charge in [-0.05, 0) is 31.0 Å². The monoisotopic (exact) mass is 124 g/mol. The molecule has 0 aromatic heterocycles. The van der Waals surface area contributed by atoms with Crippen molar-refractivity contribution in [2.24, 2.45) is 0 Å². The van der Waals surface area contributed by atoms with Gasteiger partial charge in [-0.3, -0.25) is 0 Å². The van der Waals surface area contributed by atoms with E-state index in [1.54, 1.807) is 12.1 Å². The van der Waals surface area contributed by atoms with Gasteiger partial charge in [0.15, 0.2) is 2.82 Å². The fourth-order valence-electron chi connectivity index (χ4n) is 0.671. The summed E-state index contributed by atoms with van der Waals surface area (Å²) in [5, 5.41) is 0. The van der Waals surface area contributed by atoms with Gasteiger partial charge < -0.3 is 5.72 Å². The molecule has 0 heterocycles. The number of hydrogen-bond acceptors (Lipinski definition) is 1. The standard InChI is InChI=1S/C8H11N/c1-6-4-3-5-8(9)7(6)2/h3-5H,9H2,1-2H3/i4D/hD2. The van der Waals surface area contributed by atoms with Crippen molar-refractivity contribution in [3.63, 3.8) is 0 Å². The highest BCUT2D eigenvalue weighted by molar-refractivity contribution is 5.49. The van der Waals surface area contributed by atoms with Crippen molar-refractivity contribution >= 4 is 5.69 Å². The number of benzene rings is 1. The largest absolute Gasteiger partial charge is 0.399 e. The maximum atomic E-state index is 7.46. The SMILES string of the molecule is [2H]c1ccc(N([2H])[2H])c(C)c1C. The summed E-state index contributed by atoms with van der Waals surface area (Å²) in [6.45, 7) is 3.64. The Kier molecular flexibility index (Phi) is 0.758. The summed E-state index contributed by atoms with van der Waals surface area (Å²) in [7, 11) is 0. The molecular weight excluding hydrogens is 110 g/mol. The molecular formula is C8H11N. The molecule has 48 valence electrons. The molecule has 2 N–H and O–H groups in total. The van der Waals surface area contributed by atoms with Gasteiger partial charge in [-0.25, -0.2) is 0 Å². The van der Waals surface area contributed by atoms with Crippen molar-refractivity contribution in [1.29, 1.82) is 0 Å². The van der Waals surface area contributed by atoms with Crippen LogP contribution in [0.25, 0.3) is 0 Å². The normalized spacial score (nSPS) is 13.8. The molecule has 0 amide bonds. The third kappa shape index (κ3) is 1.04. The van der Waals surface area contributed by atoms with Gasteiger partial charge in [-0.1, -0.05) is 12.1 Å². The minimum Gasteiger partial charge on any atom is -0.399 e. The fourth-order valence-corrected chi connectivity index (χ4v) is 0.671. The molecule has 0 aliphatic rings.